The molecule has 4 heteroatoms. The number of thiazole rings is 1. The number of carboxylic acid groups (broad SMARTS) is 1. The molecular formula is C10H9NO2S. The second kappa shape index (κ2) is 3.06. The molecule has 0 fully saturated rings. The Bertz CT molecular complexity index is 516. The number of carboxylic acids is 1. The predicted molar refractivity (Wildman–Crippen MR) is 56.1 cm³/mol. The fourth-order valence-corrected chi connectivity index (χ4v) is 2.41. The van der Waals surface area contributed by atoms with E-state index in [1.54, 1.807) is 12.1 Å². The monoisotopic (exact) mass is 207 g/mol. The number of aromatic nitrogens is 1. The van der Waals surface area contributed by atoms with Gasteiger partial charge in [0.25, 0.3) is 0 Å². The van der Waals surface area contributed by atoms with Crippen LogP contribution in [0.25, 0.3) is 10.2 Å². The van der Waals surface area contributed by atoms with E-state index in [4.69, 9.17) is 5.11 Å². The van der Waals surface area contributed by atoms with Gasteiger partial charge in [-0.05, 0) is 25.5 Å². The number of nitrogens with zero attached hydrogens (tertiary/aromatic N) is 1. The van der Waals surface area contributed by atoms with Gasteiger partial charge < -0.3 is 5.11 Å². The molecule has 1 aromatic heterocycles. The average Bonchev–Trinajstić information content (AvgIpc) is 2.47. The van der Waals surface area contributed by atoms with Crippen LogP contribution in [0.4, 0.5) is 0 Å². The first-order chi connectivity index (χ1) is 6.59. The number of aromatic carboxylic acids is 1. The van der Waals surface area contributed by atoms with E-state index in [2.05, 4.69) is 4.98 Å². The number of rotatable bonds is 1. The molecule has 0 saturated heterocycles. The van der Waals surface area contributed by atoms with Crippen molar-refractivity contribution in [1.29, 1.82) is 0 Å². The number of hydrogen-bond donors (Lipinski definition) is 1. The highest BCUT2D eigenvalue weighted by Gasteiger charge is 2.12. The van der Waals surface area contributed by atoms with E-state index < -0.39 is 5.97 Å². The van der Waals surface area contributed by atoms with E-state index in [1.807, 2.05) is 13.8 Å². The number of benzene rings is 1. The fraction of sp³-hybridized carbons (Fsp3) is 0.200. The molecule has 2 rings (SSSR count). The summed E-state index contributed by atoms with van der Waals surface area (Å²) in [7, 11) is 0. The predicted octanol–water partition coefficient (Wildman–Crippen LogP) is 2.61. The van der Waals surface area contributed by atoms with Crippen LogP contribution in [0.5, 0.6) is 0 Å². The molecule has 0 spiro atoms. The summed E-state index contributed by atoms with van der Waals surface area (Å²) in [5.41, 5.74) is 2.18. The van der Waals surface area contributed by atoms with Gasteiger partial charge in [0.15, 0.2) is 0 Å². The van der Waals surface area contributed by atoms with Crippen LogP contribution < -0.4 is 0 Å². The van der Waals surface area contributed by atoms with Crippen molar-refractivity contribution in [3.63, 3.8) is 0 Å². The van der Waals surface area contributed by atoms with Gasteiger partial charge in [0.2, 0.25) is 0 Å². The molecule has 1 N–H and O–H groups in total. The van der Waals surface area contributed by atoms with E-state index >= 15 is 0 Å². The second-order valence-electron chi connectivity index (χ2n) is 3.15. The third kappa shape index (κ3) is 1.28. The van der Waals surface area contributed by atoms with Crippen LogP contribution in [-0.2, 0) is 0 Å². The maximum atomic E-state index is 10.9. The molecule has 1 heterocycles. The third-order valence-corrected chi connectivity index (χ3v) is 3.09. The summed E-state index contributed by atoms with van der Waals surface area (Å²) < 4.78 is 0.773. The zero-order valence-corrected chi connectivity index (χ0v) is 8.68. The van der Waals surface area contributed by atoms with Crippen LogP contribution in [0.1, 0.15) is 20.9 Å². The molecule has 72 valence electrons. The Hall–Kier alpha value is -1.42. The molecule has 0 radical (unpaired) electrons. The topological polar surface area (TPSA) is 50.2 Å². The quantitative estimate of drug-likeness (QED) is 0.782. The number of fused-ring (bicyclic) bond motifs is 1. The van der Waals surface area contributed by atoms with E-state index in [1.165, 1.54) is 11.3 Å². The highest BCUT2D eigenvalue weighted by atomic mass is 32.1. The van der Waals surface area contributed by atoms with Gasteiger partial charge in [-0.2, -0.15) is 0 Å². The highest BCUT2D eigenvalue weighted by molar-refractivity contribution is 7.18. The second-order valence-corrected chi connectivity index (χ2v) is 4.35. The zero-order chi connectivity index (χ0) is 10.3. The molecule has 0 saturated carbocycles. The third-order valence-electron chi connectivity index (χ3n) is 2.08. The molecule has 0 atom stereocenters. The summed E-state index contributed by atoms with van der Waals surface area (Å²) in [6.07, 6.45) is 0. The van der Waals surface area contributed by atoms with Crippen molar-refractivity contribution in [3.05, 3.63) is 28.3 Å². The smallest absolute Gasteiger partial charge is 0.337 e. The zero-order valence-electron chi connectivity index (χ0n) is 7.87. The Balaban J connectivity index is 2.87. The lowest BCUT2D eigenvalue weighted by Gasteiger charge is -1.97. The summed E-state index contributed by atoms with van der Waals surface area (Å²) in [5.74, 6) is -0.890. The molecule has 2 aromatic rings. The number of hydrogen-bond acceptors (Lipinski definition) is 3. The van der Waals surface area contributed by atoms with Gasteiger partial charge in [0.1, 0.15) is 0 Å². The van der Waals surface area contributed by atoms with Crippen LogP contribution in [0.15, 0.2) is 12.1 Å². The Morgan fingerprint density at radius 3 is 2.79 bits per heavy atom. The lowest BCUT2D eigenvalue weighted by atomic mass is 10.1. The van der Waals surface area contributed by atoms with Crippen LogP contribution in [0.3, 0.4) is 0 Å². The van der Waals surface area contributed by atoms with Crippen LogP contribution in [0, 0.1) is 13.8 Å². The van der Waals surface area contributed by atoms with Crippen LogP contribution in [0.2, 0.25) is 0 Å². The highest BCUT2D eigenvalue weighted by Crippen LogP contribution is 2.27. The van der Waals surface area contributed by atoms with Gasteiger partial charge in [-0.25, -0.2) is 9.78 Å². The van der Waals surface area contributed by atoms with Gasteiger partial charge in [-0.3, -0.25) is 0 Å². The summed E-state index contributed by atoms with van der Waals surface area (Å²) >= 11 is 1.43. The Kier molecular flexibility index (Phi) is 2.00. The fourth-order valence-electron chi connectivity index (χ4n) is 1.41. The molecule has 0 unspecified atom stereocenters. The molecule has 1 aromatic carbocycles. The SMILES string of the molecule is Cc1nc2c(C)ccc(C(=O)O)c2s1. The first kappa shape index (κ1) is 9.15. The van der Waals surface area contributed by atoms with E-state index in [-0.39, 0.29) is 0 Å². The first-order valence-electron chi connectivity index (χ1n) is 4.19. The largest absolute Gasteiger partial charge is 0.478 e. The van der Waals surface area contributed by atoms with E-state index in [0.717, 1.165) is 20.8 Å². The van der Waals surface area contributed by atoms with Crippen molar-refractivity contribution < 1.29 is 9.90 Å². The molecule has 14 heavy (non-hydrogen) atoms. The molecule has 0 amide bonds. The van der Waals surface area contributed by atoms with E-state index in [9.17, 15) is 4.79 Å². The maximum absolute atomic E-state index is 10.9. The number of carbonyl (C=O) groups is 1. The summed E-state index contributed by atoms with van der Waals surface area (Å²) in [6, 6.07) is 3.43. The average molecular weight is 207 g/mol. The summed E-state index contributed by atoms with van der Waals surface area (Å²) in [4.78, 5) is 15.2. The van der Waals surface area contributed by atoms with Crippen molar-refractivity contribution in [2.45, 2.75) is 13.8 Å². The van der Waals surface area contributed by atoms with Crippen molar-refractivity contribution in [3.8, 4) is 0 Å². The van der Waals surface area contributed by atoms with Crippen molar-refractivity contribution in [2.75, 3.05) is 0 Å². The van der Waals surface area contributed by atoms with Gasteiger partial charge in [0.05, 0.1) is 20.8 Å². The van der Waals surface area contributed by atoms with Crippen LogP contribution in [-0.4, -0.2) is 16.1 Å². The normalized spacial score (nSPS) is 10.7. The van der Waals surface area contributed by atoms with Gasteiger partial charge in [-0.15, -0.1) is 11.3 Å². The van der Waals surface area contributed by atoms with Crippen molar-refractivity contribution >= 4 is 27.5 Å². The van der Waals surface area contributed by atoms with Crippen LogP contribution >= 0.6 is 11.3 Å². The number of aryl methyl sites for hydroxylation is 2. The standard InChI is InChI=1S/C10H9NO2S/c1-5-3-4-7(10(12)13)9-8(5)11-6(2)14-9/h3-4H,1-2H3,(H,12,13). The minimum Gasteiger partial charge on any atom is -0.478 e. The Morgan fingerprint density at radius 1 is 1.43 bits per heavy atom. The van der Waals surface area contributed by atoms with Crippen molar-refractivity contribution in [2.24, 2.45) is 0 Å². The Labute approximate surface area is 85.0 Å². The van der Waals surface area contributed by atoms with Gasteiger partial charge in [-0.1, -0.05) is 6.07 Å². The molecule has 0 bridgehead atoms. The lowest BCUT2D eigenvalue weighted by Crippen LogP contribution is -1.96. The minimum atomic E-state index is -0.890. The first-order valence-corrected chi connectivity index (χ1v) is 5.01. The summed E-state index contributed by atoms with van der Waals surface area (Å²) in [5, 5.41) is 9.86. The van der Waals surface area contributed by atoms with Gasteiger partial charge in [0, 0.05) is 0 Å². The molecule has 0 aliphatic heterocycles. The minimum absolute atomic E-state index is 0.344. The molecular weight excluding hydrogens is 198 g/mol. The van der Waals surface area contributed by atoms with Crippen molar-refractivity contribution in [1.82, 2.24) is 4.98 Å². The molecule has 3 nitrogen and oxygen atoms in total. The van der Waals surface area contributed by atoms with E-state index in [0.29, 0.717) is 5.56 Å². The molecule has 0 aliphatic carbocycles. The Morgan fingerprint density at radius 2 is 2.14 bits per heavy atom. The van der Waals surface area contributed by atoms with Gasteiger partial charge >= 0.3 is 5.97 Å². The maximum Gasteiger partial charge on any atom is 0.337 e. The summed E-state index contributed by atoms with van der Waals surface area (Å²) in [6.45, 7) is 3.82. The molecule has 0 aliphatic rings. The lowest BCUT2D eigenvalue weighted by molar-refractivity contribution is 0.0699.